The highest BCUT2D eigenvalue weighted by Gasteiger charge is 2.38. The number of hydrogen-bond acceptors (Lipinski definition) is 6. The van der Waals surface area contributed by atoms with Crippen LogP contribution in [0.15, 0.2) is 52.1 Å². The van der Waals surface area contributed by atoms with Gasteiger partial charge in [0.05, 0.1) is 31.5 Å². The van der Waals surface area contributed by atoms with Crippen LogP contribution in [0.1, 0.15) is 18.5 Å². The molecule has 2 amide bonds. The number of nitrogens with zero attached hydrogens (tertiary/aromatic N) is 1. The minimum absolute atomic E-state index is 0.123. The molecule has 0 radical (unpaired) electrons. The third-order valence-electron chi connectivity index (χ3n) is 5.01. The zero-order valence-corrected chi connectivity index (χ0v) is 18.1. The number of carbonyl (C=O) groups excluding carboxylic acids is 2. The Labute approximate surface area is 181 Å². The van der Waals surface area contributed by atoms with E-state index in [-0.39, 0.29) is 6.79 Å². The first-order valence-corrected chi connectivity index (χ1v) is 9.86. The first-order valence-electron chi connectivity index (χ1n) is 9.07. The summed E-state index contributed by atoms with van der Waals surface area (Å²) in [7, 11) is 2.84. The number of rotatable bonds is 4. The third-order valence-corrected chi connectivity index (χ3v) is 5.50. The molecule has 0 bridgehead atoms. The summed E-state index contributed by atoms with van der Waals surface area (Å²) in [4.78, 5) is 27.3. The van der Waals surface area contributed by atoms with Crippen LogP contribution in [0.4, 0.5) is 10.5 Å². The van der Waals surface area contributed by atoms with E-state index in [1.54, 1.807) is 37.3 Å². The number of urea groups is 1. The molecule has 1 atom stereocenters. The summed E-state index contributed by atoms with van der Waals surface area (Å²) in [6.07, 6.45) is 0. The second-order valence-electron chi connectivity index (χ2n) is 6.63. The number of esters is 1. The van der Waals surface area contributed by atoms with Gasteiger partial charge in [-0.15, -0.1) is 0 Å². The van der Waals surface area contributed by atoms with Gasteiger partial charge in [0.2, 0.25) is 6.79 Å². The number of fused-ring (bicyclic) bond motifs is 1. The maximum atomic E-state index is 13.1. The quantitative estimate of drug-likeness (QED) is 0.676. The molecule has 156 valence electrons. The molecule has 2 aromatic carbocycles. The van der Waals surface area contributed by atoms with Crippen LogP contribution in [0.5, 0.6) is 17.2 Å². The molecule has 9 heteroatoms. The Morgan fingerprint density at radius 1 is 1.17 bits per heavy atom. The lowest BCUT2D eigenvalue weighted by atomic mass is 9.94. The Bertz CT molecular complexity index is 1070. The van der Waals surface area contributed by atoms with Gasteiger partial charge < -0.3 is 24.3 Å². The molecule has 2 heterocycles. The van der Waals surface area contributed by atoms with Gasteiger partial charge >= 0.3 is 12.0 Å². The number of ether oxygens (including phenoxy) is 4. The molecule has 0 saturated carbocycles. The molecule has 1 N–H and O–H groups in total. The molecule has 4 rings (SSSR count). The van der Waals surface area contributed by atoms with Crippen LogP contribution in [0.3, 0.4) is 0 Å². The number of methoxy groups -OCH3 is 2. The molecule has 8 nitrogen and oxygen atoms in total. The summed E-state index contributed by atoms with van der Waals surface area (Å²) in [5.74, 6) is 1.12. The van der Waals surface area contributed by atoms with E-state index < -0.39 is 18.0 Å². The fraction of sp³-hybridized carbons (Fsp3) is 0.238. The average Bonchev–Trinajstić information content (AvgIpc) is 3.20. The summed E-state index contributed by atoms with van der Waals surface area (Å²) in [6.45, 7) is 1.82. The van der Waals surface area contributed by atoms with E-state index in [4.69, 9.17) is 18.9 Å². The molecule has 2 aliphatic heterocycles. The van der Waals surface area contributed by atoms with Crippen molar-refractivity contribution in [3.8, 4) is 17.2 Å². The van der Waals surface area contributed by atoms with E-state index in [0.29, 0.717) is 39.8 Å². The zero-order valence-electron chi connectivity index (χ0n) is 16.5. The van der Waals surface area contributed by atoms with Crippen molar-refractivity contribution in [3.63, 3.8) is 0 Å². The number of amides is 2. The first-order chi connectivity index (χ1) is 14.4. The Kier molecular flexibility index (Phi) is 5.29. The predicted octanol–water partition coefficient (Wildman–Crippen LogP) is 3.90. The number of halogens is 1. The summed E-state index contributed by atoms with van der Waals surface area (Å²) < 4.78 is 22.0. The van der Waals surface area contributed by atoms with Crippen LogP contribution in [-0.2, 0) is 9.53 Å². The summed E-state index contributed by atoms with van der Waals surface area (Å²) in [5, 5.41) is 2.90. The lowest BCUT2D eigenvalue weighted by Crippen LogP contribution is -2.48. The number of anilines is 1. The van der Waals surface area contributed by atoms with Gasteiger partial charge in [0, 0.05) is 21.8 Å². The van der Waals surface area contributed by atoms with Crippen molar-refractivity contribution in [1.29, 1.82) is 0 Å². The fourth-order valence-corrected chi connectivity index (χ4v) is 4.00. The Morgan fingerprint density at radius 2 is 1.93 bits per heavy atom. The van der Waals surface area contributed by atoms with E-state index in [1.807, 2.05) is 6.07 Å². The van der Waals surface area contributed by atoms with Gasteiger partial charge in [0.1, 0.15) is 5.75 Å². The SMILES string of the molecule is COC(=O)C1=C(C)N(c2ccc3c(c2)OCO3)C(=O)N[C@@H]1c1cc(Br)ccc1OC. The van der Waals surface area contributed by atoms with Crippen molar-refractivity contribution in [1.82, 2.24) is 5.32 Å². The van der Waals surface area contributed by atoms with E-state index in [0.717, 1.165) is 4.47 Å². The zero-order chi connectivity index (χ0) is 21.4. The number of nitrogens with one attached hydrogen (secondary N) is 1. The first kappa shape index (κ1) is 20.1. The normalized spacial score (nSPS) is 17.7. The molecule has 30 heavy (non-hydrogen) atoms. The predicted molar refractivity (Wildman–Crippen MR) is 112 cm³/mol. The van der Waals surface area contributed by atoms with Crippen LogP contribution < -0.4 is 24.4 Å². The van der Waals surface area contributed by atoms with Gasteiger partial charge in [-0.05, 0) is 37.3 Å². The third kappa shape index (κ3) is 3.35. The number of hydrogen-bond donors (Lipinski definition) is 1. The standard InChI is InChI=1S/C21H19BrN2O6/c1-11-18(20(25)28-3)19(14-8-12(22)4-6-15(14)27-2)23-21(26)24(11)13-5-7-16-17(9-13)30-10-29-16/h4-9,19H,10H2,1-3H3,(H,23,26)/t19-/m1/s1. The highest BCUT2D eigenvalue weighted by Crippen LogP contribution is 2.41. The molecule has 0 spiro atoms. The maximum Gasteiger partial charge on any atom is 0.337 e. The molecular formula is C21H19BrN2O6. The van der Waals surface area contributed by atoms with Gasteiger partial charge in [-0.1, -0.05) is 15.9 Å². The van der Waals surface area contributed by atoms with Gasteiger partial charge in [0.15, 0.2) is 11.5 Å². The second-order valence-corrected chi connectivity index (χ2v) is 7.55. The summed E-state index contributed by atoms with van der Waals surface area (Å²) in [6, 6.07) is 9.38. The van der Waals surface area contributed by atoms with Crippen LogP contribution in [0, 0.1) is 0 Å². The molecular weight excluding hydrogens is 456 g/mol. The van der Waals surface area contributed by atoms with E-state index in [1.165, 1.54) is 19.1 Å². The lowest BCUT2D eigenvalue weighted by Gasteiger charge is -2.35. The highest BCUT2D eigenvalue weighted by atomic mass is 79.9. The van der Waals surface area contributed by atoms with Gasteiger partial charge in [-0.2, -0.15) is 0 Å². The second kappa shape index (κ2) is 7.91. The van der Waals surface area contributed by atoms with Crippen LogP contribution >= 0.6 is 15.9 Å². The van der Waals surface area contributed by atoms with Crippen LogP contribution in [0.2, 0.25) is 0 Å². The van der Waals surface area contributed by atoms with Gasteiger partial charge in [-0.3, -0.25) is 4.90 Å². The van der Waals surface area contributed by atoms with Crippen molar-refractivity contribution in [2.45, 2.75) is 13.0 Å². The molecule has 2 aromatic rings. The van der Waals surface area contributed by atoms with Crippen LogP contribution in [0.25, 0.3) is 0 Å². The Morgan fingerprint density at radius 3 is 2.67 bits per heavy atom. The molecule has 2 aliphatic rings. The van der Waals surface area contributed by atoms with Gasteiger partial charge in [0.25, 0.3) is 0 Å². The summed E-state index contributed by atoms with van der Waals surface area (Å²) in [5.41, 5.74) is 1.91. The Hall–Kier alpha value is -3.20. The molecule has 0 unspecified atom stereocenters. The Balaban J connectivity index is 1.85. The molecule has 0 aliphatic carbocycles. The number of allylic oxidation sites excluding steroid dienone is 1. The largest absolute Gasteiger partial charge is 0.496 e. The topological polar surface area (TPSA) is 86.3 Å². The van der Waals surface area contributed by atoms with E-state index >= 15 is 0 Å². The van der Waals surface area contributed by atoms with Gasteiger partial charge in [-0.25, -0.2) is 9.59 Å². The lowest BCUT2D eigenvalue weighted by molar-refractivity contribution is -0.136. The van der Waals surface area contributed by atoms with Crippen molar-refractivity contribution in [3.05, 3.63) is 57.7 Å². The van der Waals surface area contributed by atoms with Crippen molar-refractivity contribution < 1.29 is 28.5 Å². The van der Waals surface area contributed by atoms with E-state index in [2.05, 4.69) is 21.2 Å². The minimum Gasteiger partial charge on any atom is -0.496 e. The molecule has 0 aromatic heterocycles. The monoisotopic (exact) mass is 474 g/mol. The van der Waals surface area contributed by atoms with Crippen molar-refractivity contribution in [2.24, 2.45) is 0 Å². The fourth-order valence-electron chi connectivity index (χ4n) is 3.62. The van der Waals surface area contributed by atoms with Crippen molar-refractivity contribution in [2.75, 3.05) is 25.9 Å². The average molecular weight is 475 g/mol. The number of carbonyl (C=O) groups is 2. The highest BCUT2D eigenvalue weighted by molar-refractivity contribution is 9.10. The van der Waals surface area contributed by atoms with E-state index in [9.17, 15) is 9.59 Å². The summed E-state index contributed by atoms with van der Waals surface area (Å²) >= 11 is 3.44. The molecule has 0 saturated heterocycles. The van der Waals surface area contributed by atoms with Crippen molar-refractivity contribution >= 4 is 33.6 Å². The van der Waals surface area contributed by atoms with Crippen LogP contribution in [-0.4, -0.2) is 33.0 Å². The molecule has 0 fully saturated rings. The minimum atomic E-state index is -0.748. The smallest absolute Gasteiger partial charge is 0.337 e. The number of benzene rings is 2. The maximum absolute atomic E-state index is 13.1.